The molecule has 0 radical (unpaired) electrons. The van der Waals surface area contributed by atoms with Crippen LogP contribution in [0.1, 0.15) is 12.8 Å². The highest BCUT2D eigenvalue weighted by atomic mass is 16.2. The molecule has 2 fully saturated rings. The highest BCUT2D eigenvalue weighted by molar-refractivity contribution is 5.95. The molecule has 5 heteroatoms. The van der Waals surface area contributed by atoms with Crippen molar-refractivity contribution in [3.8, 4) is 0 Å². The van der Waals surface area contributed by atoms with Crippen molar-refractivity contribution in [1.82, 2.24) is 9.80 Å². The molecule has 25 heavy (non-hydrogen) atoms. The Morgan fingerprint density at radius 2 is 1.60 bits per heavy atom. The Morgan fingerprint density at radius 1 is 0.920 bits per heavy atom. The van der Waals surface area contributed by atoms with E-state index in [2.05, 4.69) is 23.5 Å². The highest BCUT2D eigenvalue weighted by Gasteiger charge is 2.35. The van der Waals surface area contributed by atoms with Crippen molar-refractivity contribution >= 4 is 28.3 Å². The number of hydrogen-bond donors (Lipinski definition) is 1. The lowest BCUT2D eigenvalue weighted by molar-refractivity contribution is -0.139. The van der Waals surface area contributed by atoms with Crippen LogP contribution in [0.4, 0.5) is 5.69 Å². The topological polar surface area (TPSA) is 52.7 Å². The maximum atomic E-state index is 12.5. The predicted molar refractivity (Wildman–Crippen MR) is 98.3 cm³/mol. The van der Waals surface area contributed by atoms with E-state index in [-0.39, 0.29) is 24.3 Å². The molecule has 4 rings (SSSR count). The number of nitrogens with one attached hydrogen (secondary N) is 1. The zero-order valence-electron chi connectivity index (χ0n) is 14.3. The quantitative estimate of drug-likeness (QED) is 0.932. The van der Waals surface area contributed by atoms with Gasteiger partial charge in [0.05, 0.1) is 6.54 Å². The van der Waals surface area contributed by atoms with Crippen LogP contribution in [0.2, 0.25) is 0 Å². The van der Waals surface area contributed by atoms with Crippen LogP contribution in [0, 0.1) is 5.92 Å². The predicted octanol–water partition coefficient (Wildman–Crippen LogP) is 2.33. The van der Waals surface area contributed by atoms with E-state index in [1.54, 1.807) is 0 Å². The molecule has 130 valence electrons. The Balaban J connectivity index is 1.32. The summed E-state index contributed by atoms with van der Waals surface area (Å²) in [5, 5.41) is 5.56. The molecule has 0 spiro atoms. The molecule has 1 aliphatic heterocycles. The molecule has 1 N–H and O–H groups in total. The van der Waals surface area contributed by atoms with Crippen LogP contribution in [0.15, 0.2) is 42.5 Å². The van der Waals surface area contributed by atoms with E-state index in [1.807, 2.05) is 34.1 Å². The molecule has 0 unspecified atom stereocenters. The number of amides is 2. The van der Waals surface area contributed by atoms with Crippen LogP contribution in [0.25, 0.3) is 10.8 Å². The standard InChI is InChI=1S/C20H23N3O2/c24-19(22-10-12-23(13-11-22)20(25)16-8-9-16)14-21-18-7-3-5-15-4-1-2-6-17(15)18/h1-7,16,21H,8-14H2. The number of rotatable bonds is 4. The van der Waals surface area contributed by atoms with Crippen molar-refractivity contribution in [2.24, 2.45) is 5.92 Å². The summed E-state index contributed by atoms with van der Waals surface area (Å²) in [7, 11) is 0. The minimum absolute atomic E-state index is 0.0893. The summed E-state index contributed by atoms with van der Waals surface area (Å²) >= 11 is 0. The second-order valence-corrected chi connectivity index (χ2v) is 6.86. The lowest BCUT2D eigenvalue weighted by atomic mass is 10.1. The van der Waals surface area contributed by atoms with E-state index < -0.39 is 0 Å². The summed E-state index contributed by atoms with van der Waals surface area (Å²) < 4.78 is 0. The fourth-order valence-corrected chi connectivity index (χ4v) is 3.43. The van der Waals surface area contributed by atoms with Gasteiger partial charge in [-0.1, -0.05) is 36.4 Å². The fourth-order valence-electron chi connectivity index (χ4n) is 3.43. The number of nitrogens with zero attached hydrogens (tertiary/aromatic N) is 2. The molecular formula is C20H23N3O2. The van der Waals surface area contributed by atoms with Gasteiger partial charge >= 0.3 is 0 Å². The Labute approximate surface area is 147 Å². The Morgan fingerprint density at radius 3 is 2.36 bits per heavy atom. The maximum absolute atomic E-state index is 12.5. The van der Waals surface area contributed by atoms with Crippen molar-refractivity contribution in [3.63, 3.8) is 0 Å². The first-order valence-corrected chi connectivity index (χ1v) is 9.00. The van der Waals surface area contributed by atoms with Gasteiger partial charge in [-0.25, -0.2) is 0 Å². The Bertz CT molecular complexity index is 787. The van der Waals surface area contributed by atoms with Crippen LogP contribution in [0.5, 0.6) is 0 Å². The number of hydrogen-bond acceptors (Lipinski definition) is 3. The monoisotopic (exact) mass is 337 g/mol. The average Bonchev–Trinajstić information content (AvgIpc) is 3.51. The van der Waals surface area contributed by atoms with Crippen molar-refractivity contribution in [1.29, 1.82) is 0 Å². The second kappa shape index (κ2) is 6.75. The van der Waals surface area contributed by atoms with Gasteiger partial charge in [0.15, 0.2) is 0 Å². The van der Waals surface area contributed by atoms with E-state index in [0.29, 0.717) is 26.2 Å². The fraction of sp³-hybridized carbons (Fsp3) is 0.400. The van der Waals surface area contributed by atoms with Gasteiger partial charge in [0.2, 0.25) is 11.8 Å². The van der Waals surface area contributed by atoms with Gasteiger partial charge in [0, 0.05) is 43.2 Å². The summed E-state index contributed by atoms with van der Waals surface area (Å²) in [5.41, 5.74) is 0.981. The van der Waals surface area contributed by atoms with E-state index in [9.17, 15) is 9.59 Å². The summed E-state index contributed by atoms with van der Waals surface area (Å²) in [5.74, 6) is 0.628. The Hall–Kier alpha value is -2.56. The van der Waals surface area contributed by atoms with Gasteiger partial charge in [-0.15, -0.1) is 0 Å². The lowest BCUT2D eigenvalue weighted by Gasteiger charge is -2.35. The number of fused-ring (bicyclic) bond motifs is 1. The van der Waals surface area contributed by atoms with Crippen molar-refractivity contribution < 1.29 is 9.59 Å². The van der Waals surface area contributed by atoms with Crippen molar-refractivity contribution in [3.05, 3.63) is 42.5 Å². The first-order chi connectivity index (χ1) is 12.2. The zero-order chi connectivity index (χ0) is 17.2. The van der Waals surface area contributed by atoms with Gasteiger partial charge in [-0.2, -0.15) is 0 Å². The first-order valence-electron chi connectivity index (χ1n) is 9.00. The minimum atomic E-state index is 0.0893. The summed E-state index contributed by atoms with van der Waals surface area (Å²) in [6.07, 6.45) is 2.07. The molecule has 1 heterocycles. The van der Waals surface area contributed by atoms with Crippen LogP contribution in [-0.2, 0) is 9.59 Å². The summed E-state index contributed by atoms with van der Waals surface area (Å²) in [6.45, 7) is 2.87. The molecule has 0 bridgehead atoms. The lowest BCUT2D eigenvalue weighted by Crippen LogP contribution is -2.52. The number of carbonyl (C=O) groups is 2. The summed E-state index contributed by atoms with van der Waals surface area (Å²) in [4.78, 5) is 28.3. The van der Waals surface area contributed by atoms with E-state index in [1.165, 1.54) is 0 Å². The maximum Gasteiger partial charge on any atom is 0.241 e. The number of piperazine rings is 1. The normalized spacial score (nSPS) is 17.6. The SMILES string of the molecule is O=C(CNc1cccc2ccccc12)N1CCN(C(=O)C2CC2)CC1. The molecular weight excluding hydrogens is 314 g/mol. The minimum Gasteiger partial charge on any atom is -0.376 e. The molecule has 2 amide bonds. The second-order valence-electron chi connectivity index (χ2n) is 6.86. The molecule has 2 aliphatic rings. The van der Waals surface area contributed by atoms with Crippen molar-refractivity contribution in [2.75, 3.05) is 38.0 Å². The highest BCUT2D eigenvalue weighted by Crippen LogP contribution is 2.31. The molecule has 1 saturated carbocycles. The molecule has 2 aromatic rings. The number of anilines is 1. The van der Waals surface area contributed by atoms with E-state index in [0.717, 1.165) is 29.3 Å². The third-order valence-electron chi connectivity index (χ3n) is 5.09. The van der Waals surface area contributed by atoms with Crippen LogP contribution in [0.3, 0.4) is 0 Å². The van der Waals surface area contributed by atoms with Crippen LogP contribution >= 0.6 is 0 Å². The molecule has 0 atom stereocenters. The largest absolute Gasteiger partial charge is 0.376 e. The van der Waals surface area contributed by atoms with Crippen molar-refractivity contribution in [2.45, 2.75) is 12.8 Å². The zero-order valence-corrected chi connectivity index (χ0v) is 14.3. The van der Waals surface area contributed by atoms with Gasteiger partial charge in [-0.05, 0) is 24.3 Å². The van der Waals surface area contributed by atoms with Crippen LogP contribution in [-0.4, -0.2) is 54.3 Å². The van der Waals surface area contributed by atoms with E-state index in [4.69, 9.17) is 0 Å². The van der Waals surface area contributed by atoms with E-state index >= 15 is 0 Å². The van der Waals surface area contributed by atoms with Gasteiger partial charge < -0.3 is 15.1 Å². The first kappa shape index (κ1) is 15.9. The smallest absolute Gasteiger partial charge is 0.241 e. The van der Waals surface area contributed by atoms with Gasteiger partial charge in [0.25, 0.3) is 0 Å². The number of benzene rings is 2. The van der Waals surface area contributed by atoms with Crippen LogP contribution < -0.4 is 5.32 Å². The molecule has 1 saturated heterocycles. The third-order valence-corrected chi connectivity index (χ3v) is 5.09. The van der Waals surface area contributed by atoms with Gasteiger partial charge in [0.1, 0.15) is 0 Å². The molecule has 1 aliphatic carbocycles. The molecule has 5 nitrogen and oxygen atoms in total. The number of carbonyl (C=O) groups excluding carboxylic acids is 2. The third kappa shape index (κ3) is 3.45. The molecule has 0 aromatic heterocycles. The Kier molecular flexibility index (Phi) is 4.30. The summed E-state index contributed by atoms with van der Waals surface area (Å²) in [6, 6.07) is 14.2. The average molecular weight is 337 g/mol. The van der Waals surface area contributed by atoms with Gasteiger partial charge in [-0.3, -0.25) is 9.59 Å². The molecule has 2 aromatic carbocycles.